The van der Waals surface area contributed by atoms with Crippen LogP contribution in [0.25, 0.3) is 0 Å². The van der Waals surface area contributed by atoms with Crippen molar-refractivity contribution in [2.75, 3.05) is 6.61 Å². The van der Waals surface area contributed by atoms with Crippen LogP contribution in [0.3, 0.4) is 0 Å². The Bertz CT molecular complexity index is 296. The summed E-state index contributed by atoms with van der Waals surface area (Å²) >= 11 is 0. The lowest BCUT2D eigenvalue weighted by Gasteiger charge is -2.06. The van der Waals surface area contributed by atoms with Crippen LogP contribution in [0.4, 0.5) is 0 Å². The first-order valence-corrected chi connectivity index (χ1v) is 6.09. The first kappa shape index (κ1) is 13.0. The molecule has 0 bridgehead atoms. The Morgan fingerprint density at radius 1 is 1.50 bits per heavy atom. The van der Waals surface area contributed by atoms with E-state index in [0.29, 0.717) is 12.5 Å². The third-order valence-electron chi connectivity index (χ3n) is 2.85. The number of carbonyl (C=O) groups is 1. The molecule has 0 aromatic heterocycles. The maximum atomic E-state index is 11.2. The zero-order valence-electron chi connectivity index (χ0n) is 10.6. The van der Waals surface area contributed by atoms with Gasteiger partial charge < -0.3 is 4.74 Å². The van der Waals surface area contributed by atoms with E-state index >= 15 is 0 Å². The van der Waals surface area contributed by atoms with Gasteiger partial charge in [0.2, 0.25) is 0 Å². The van der Waals surface area contributed by atoms with Gasteiger partial charge in [-0.3, -0.25) is 0 Å². The molecule has 1 fully saturated rings. The molecule has 1 heterocycles. The van der Waals surface area contributed by atoms with Gasteiger partial charge in [0.25, 0.3) is 0 Å². The molecule has 0 spiro atoms. The molecule has 1 atom stereocenters. The van der Waals surface area contributed by atoms with E-state index in [1.807, 2.05) is 0 Å². The molecule has 1 aliphatic heterocycles. The van der Waals surface area contributed by atoms with Crippen LogP contribution in [0, 0.1) is 5.92 Å². The largest absolute Gasteiger partial charge is 0.462 e. The average molecular weight is 222 g/mol. The topological polar surface area (TPSA) is 26.3 Å². The molecule has 0 aromatic rings. The van der Waals surface area contributed by atoms with Crippen LogP contribution in [0.5, 0.6) is 0 Å². The third-order valence-corrected chi connectivity index (χ3v) is 2.85. The molecule has 2 nitrogen and oxygen atoms in total. The fraction of sp³-hybridized carbons (Fsp3) is 0.643. The molecule has 2 heteroatoms. The SMILES string of the molecule is CC(C)=CCC[C@@H](C)C/C=C1/CCOC1=O. The Kier molecular flexibility index (Phi) is 5.30. The van der Waals surface area contributed by atoms with E-state index in [1.54, 1.807) is 0 Å². The Hall–Kier alpha value is -1.05. The van der Waals surface area contributed by atoms with E-state index in [4.69, 9.17) is 4.74 Å². The highest BCUT2D eigenvalue weighted by atomic mass is 16.5. The van der Waals surface area contributed by atoms with Crippen molar-refractivity contribution in [1.82, 2.24) is 0 Å². The Morgan fingerprint density at radius 3 is 2.81 bits per heavy atom. The summed E-state index contributed by atoms with van der Waals surface area (Å²) in [5.74, 6) is 0.521. The van der Waals surface area contributed by atoms with Gasteiger partial charge in [-0.15, -0.1) is 0 Å². The lowest BCUT2D eigenvalue weighted by atomic mass is 9.99. The minimum atomic E-state index is -0.114. The Balaban J connectivity index is 2.26. The second-order valence-corrected chi connectivity index (χ2v) is 4.81. The molecule has 1 saturated heterocycles. The van der Waals surface area contributed by atoms with E-state index < -0.39 is 0 Å². The van der Waals surface area contributed by atoms with Gasteiger partial charge in [0.05, 0.1) is 6.61 Å². The fourth-order valence-electron chi connectivity index (χ4n) is 1.75. The number of carbonyl (C=O) groups excluding carboxylic acids is 1. The van der Waals surface area contributed by atoms with E-state index in [2.05, 4.69) is 32.9 Å². The molecule has 0 aliphatic carbocycles. The first-order valence-electron chi connectivity index (χ1n) is 6.09. The smallest absolute Gasteiger partial charge is 0.333 e. The number of hydrogen-bond donors (Lipinski definition) is 0. The van der Waals surface area contributed by atoms with Gasteiger partial charge in [-0.1, -0.05) is 24.6 Å². The van der Waals surface area contributed by atoms with Crippen molar-refractivity contribution in [3.05, 3.63) is 23.3 Å². The van der Waals surface area contributed by atoms with Crippen molar-refractivity contribution in [3.63, 3.8) is 0 Å². The van der Waals surface area contributed by atoms with Crippen molar-refractivity contribution in [2.45, 2.75) is 46.5 Å². The minimum Gasteiger partial charge on any atom is -0.462 e. The third kappa shape index (κ3) is 4.65. The summed E-state index contributed by atoms with van der Waals surface area (Å²) in [6.45, 7) is 7.05. The minimum absolute atomic E-state index is 0.114. The highest BCUT2D eigenvalue weighted by molar-refractivity contribution is 5.90. The van der Waals surface area contributed by atoms with Crippen LogP contribution in [-0.4, -0.2) is 12.6 Å². The van der Waals surface area contributed by atoms with Crippen LogP contribution >= 0.6 is 0 Å². The summed E-state index contributed by atoms with van der Waals surface area (Å²) in [5.41, 5.74) is 2.25. The van der Waals surface area contributed by atoms with Crippen LogP contribution < -0.4 is 0 Å². The standard InChI is InChI=1S/C14H22O2/c1-11(2)5-4-6-12(3)7-8-13-9-10-16-14(13)15/h5,8,12H,4,6-7,9-10H2,1-3H3/b13-8-/t12-/m1/s1. The molecule has 0 saturated carbocycles. The van der Waals surface area contributed by atoms with E-state index in [-0.39, 0.29) is 5.97 Å². The molecular formula is C14H22O2. The molecule has 0 unspecified atom stereocenters. The van der Waals surface area contributed by atoms with Crippen molar-refractivity contribution in [1.29, 1.82) is 0 Å². The molecule has 90 valence electrons. The molecule has 0 radical (unpaired) electrons. The maximum absolute atomic E-state index is 11.2. The Labute approximate surface area is 98.4 Å². The number of rotatable bonds is 5. The predicted octanol–water partition coefficient (Wildman–Crippen LogP) is 3.63. The van der Waals surface area contributed by atoms with Crippen LogP contribution in [-0.2, 0) is 9.53 Å². The number of ether oxygens (including phenoxy) is 1. The summed E-state index contributed by atoms with van der Waals surface area (Å²) < 4.78 is 4.89. The average Bonchev–Trinajstić information content (AvgIpc) is 2.60. The van der Waals surface area contributed by atoms with E-state index in [9.17, 15) is 4.79 Å². The van der Waals surface area contributed by atoms with Crippen molar-refractivity contribution in [2.24, 2.45) is 5.92 Å². The highest BCUT2D eigenvalue weighted by Gasteiger charge is 2.17. The van der Waals surface area contributed by atoms with Gasteiger partial charge in [-0.2, -0.15) is 0 Å². The second-order valence-electron chi connectivity index (χ2n) is 4.81. The molecule has 0 amide bonds. The number of hydrogen-bond acceptors (Lipinski definition) is 2. The van der Waals surface area contributed by atoms with Gasteiger partial charge in [-0.05, 0) is 39.0 Å². The molecule has 1 aliphatic rings. The highest BCUT2D eigenvalue weighted by Crippen LogP contribution is 2.18. The predicted molar refractivity (Wildman–Crippen MR) is 66.1 cm³/mol. The second kappa shape index (κ2) is 6.51. The van der Waals surface area contributed by atoms with Gasteiger partial charge in [0, 0.05) is 12.0 Å². The quantitative estimate of drug-likeness (QED) is 0.403. The fourth-order valence-corrected chi connectivity index (χ4v) is 1.75. The maximum Gasteiger partial charge on any atom is 0.333 e. The van der Waals surface area contributed by atoms with Gasteiger partial charge in [0.1, 0.15) is 0 Å². The normalized spacial score (nSPS) is 19.7. The summed E-state index contributed by atoms with van der Waals surface area (Å²) in [6.07, 6.45) is 8.43. The van der Waals surface area contributed by atoms with Gasteiger partial charge >= 0.3 is 5.97 Å². The van der Waals surface area contributed by atoms with Crippen LogP contribution in [0.1, 0.15) is 46.5 Å². The van der Waals surface area contributed by atoms with Crippen molar-refractivity contribution < 1.29 is 9.53 Å². The van der Waals surface area contributed by atoms with Gasteiger partial charge in [-0.25, -0.2) is 4.79 Å². The zero-order valence-corrected chi connectivity index (χ0v) is 10.6. The van der Waals surface area contributed by atoms with Crippen molar-refractivity contribution in [3.8, 4) is 0 Å². The summed E-state index contributed by atoms with van der Waals surface area (Å²) in [7, 11) is 0. The molecular weight excluding hydrogens is 200 g/mol. The van der Waals surface area contributed by atoms with Crippen LogP contribution in [0.2, 0.25) is 0 Å². The molecule has 0 aromatic carbocycles. The lowest BCUT2D eigenvalue weighted by molar-refractivity contribution is -0.135. The summed E-state index contributed by atoms with van der Waals surface area (Å²) in [4.78, 5) is 11.2. The summed E-state index contributed by atoms with van der Waals surface area (Å²) in [5, 5.41) is 0. The monoisotopic (exact) mass is 222 g/mol. The number of allylic oxidation sites excluding steroid dienone is 3. The molecule has 16 heavy (non-hydrogen) atoms. The number of esters is 1. The number of cyclic esters (lactones) is 1. The van der Waals surface area contributed by atoms with E-state index in [0.717, 1.165) is 24.8 Å². The Morgan fingerprint density at radius 2 is 2.25 bits per heavy atom. The lowest BCUT2D eigenvalue weighted by Crippen LogP contribution is -1.97. The molecule has 1 rings (SSSR count). The van der Waals surface area contributed by atoms with E-state index in [1.165, 1.54) is 12.0 Å². The summed E-state index contributed by atoms with van der Waals surface area (Å²) in [6, 6.07) is 0. The molecule has 0 N–H and O–H groups in total. The zero-order chi connectivity index (χ0) is 12.0. The van der Waals surface area contributed by atoms with Crippen molar-refractivity contribution >= 4 is 5.97 Å². The van der Waals surface area contributed by atoms with Crippen LogP contribution in [0.15, 0.2) is 23.3 Å². The first-order chi connectivity index (χ1) is 7.59. The van der Waals surface area contributed by atoms with Gasteiger partial charge in [0.15, 0.2) is 0 Å².